The summed E-state index contributed by atoms with van der Waals surface area (Å²) in [6.07, 6.45) is 1.37. The lowest BCUT2D eigenvalue weighted by atomic mass is 10.2. The zero-order chi connectivity index (χ0) is 22.1. The minimum absolute atomic E-state index is 0.0283. The van der Waals surface area contributed by atoms with Crippen LogP contribution in [0.15, 0.2) is 47.6 Å². The smallest absolute Gasteiger partial charge is 0.259 e. The maximum atomic E-state index is 13.3. The molecule has 1 N–H and O–H groups in total. The van der Waals surface area contributed by atoms with Crippen LogP contribution in [-0.2, 0) is 16.6 Å². The molecule has 2 aromatic carbocycles. The standard InChI is InChI=1S/C18H16Cl2FN5O3S/c1-25(2)30(28,29)16-7-13(14(19)8-15(16)20)17(27)23-18-22-10-26(24-18)9-11-4-3-5-12(21)6-11/h3-8,10H,9H2,1-2H3,(H,23,24,27). The number of rotatable bonds is 6. The van der Waals surface area contributed by atoms with E-state index in [0.29, 0.717) is 5.56 Å². The molecule has 1 amide bonds. The summed E-state index contributed by atoms with van der Waals surface area (Å²) in [4.78, 5) is 16.3. The number of hydrogen-bond donors (Lipinski definition) is 1. The van der Waals surface area contributed by atoms with Crippen LogP contribution in [0.25, 0.3) is 0 Å². The largest absolute Gasteiger partial charge is 0.289 e. The van der Waals surface area contributed by atoms with Gasteiger partial charge in [-0.1, -0.05) is 35.3 Å². The number of nitrogens with one attached hydrogen (secondary N) is 1. The van der Waals surface area contributed by atoms with E-state index >= 15 is 0 Å². The molecule has 0 bridgehead atoms. The Hall–Kier alpha value is -2.53. The van der Waals surface area contributed by atoms with Gasteiger partial charge in [0.05, 0.1) is 22.2 Å². The van der Waals surface area contributed by atoms with Gasteiger partial charge >= 0.3 is 0 Å². The number of amides is 1. The van der Waals surface area contributed by atoms with Crippen molar-refractivity contribution in [3.05, 3.63) is 69.7 Å². The Labute approximate surface area is 182 Å². The Balaban J connectivity index is 1.82. The number of halogens is 3. The molecule has 0 atom stereocenters. The lowest BCUT2D eigenvalue weighted by molar-refractivity contribution is 0.102. The number of aromatic nitrogens is 3. The first-order valence-electron chi connectivity index (χ1n) is 8.44. The van der Waals surface area contributed by atoms with E-state index in [0.717, 1.165) is 10.4 Å². The molecule has 0 aliphatic carbocycles. The van der Waals surface area contributed by atoms with Crippen molar-refractivity contribution in [1.29, 1.82) is 0 Å². The van der Waals surface area contributed by atoms with Gasteiger partial charge < -0.3 is 0 Å². The zero-order valence-electron chi connectivity index (χ0n) is 15.8. The topological polar surface area (TPSA) is 97.2 Å². The molecule has 3 rings (SSSR count). The lowest BCUT2D eigenvalue weighted by Gasteiger charge is -2.14. The molecule has 30 heavy (non-hydrogen) atoms. The first-order valence-corrected chi connectivity index (χ1v) is 10.6. The highest BCUT2D eigenvalue weighted by atomic mass is 35.5. The van der Waals surface area contributed by atoms with Gasteiger partial charge in [-0.3, -0.25) is 10.1 Å². The first-order chi connectivity index (χ1) is 14.1. The zero-order valence-corrected chi connectivity index (χ0v) is 18.1. The molecule has 8 nitrogen and oxygen atoms in total. The summed E-state index contributed by atoms with van der Waals surface area (Å²) in [6.45, 7) is 0.244. The molecule has 0 aliphatic heterocycles. The van der Waals surface area contributed by atoms with E-state index in [1.807, 2.05) is 0 Å². The van der Waals surface area contributed by atoms with Crippen molar-refractivity contribution in [3.63, 3.8) is 0 Å². The van der Waals surface area contributed by atoms with Gasteiger partial charge in [0.1, 0.15) is 17.0 Å². The number of nitrogens with zero attached hydrogens (tertiary/aromatic N) is 4. The van der Waals surface area contributed by atoms with Gasteiger partial charge in [0.2, 0.25) is 16.0 Å². The second-order valence-corrected chi connectivity index (χ2v) is 9.33. The molecule has 0 aliphatic rings. The highest BCUT2D eigenvalue weighted by Crippen LogP contribution is 2.30. The third kappa shape index (κ3) is 4.78. The van der Waals surface area contributed by atoms with Crippen LogP contribution in [-0.4, -0.2) is 47.5 Å². The van der Waals surface area contributed by atoms with Crippen LogP contribution in [0.5, 0.6) is 0 Å². The van der Waals surface area contributed by atoms with Crippen molar-refractivity contribution in [2.45, 2.75) is 11.4 Å². The molecule has 12 heteroatoms. The van der Waals surface area contributed by atoms with E-state index in [4.69, 9.17) is 23.2 Å². The van der Waals surface area contributed by atoms with Crippen molar-refractivity contribution < 1.29 is 17.6 Å². The van der Waals surface area contributed by atoms with Crippen LogP contribution in [0.3, 0.4) is 0 Å². The third-order valence-corrected chi connectivity index (χ3v) is 6.61. The summed E-state index contributed by atoms with van der Waals surface area (Å²) in [7, 11) is -1.21. The maximum Gasteiger partial charge on any atom is 0.259 e. The van der Waals surface area contributed by atoms with E-state index in [1.165, 1.54) is 43.3 Å². The van der Waals surface area contributed by atoms with Crippen LogP contribution in [0, 0.1) is 5.82 Å². The summed E-state index contributed by atoms with van der Waals surface area (Å²) in [5.41, 5.74) is 0.556. The summed E-state index contributed by atoms with van der Waals surface area (Å²) in [6, 6.07) is 8.27. The molecular weight excluding hydrogens is 456 g/mol. The average Bonchev–Trinajstić information content (AvgIpc) is 3.08. The quantitative estimate of drug-likeness (QED) is 0.594. The van der Waals surface area contributed by atoms with Crippen LogP contribution in [0.1, 0.15) is 15.9 Å². The predicted octanol–water partition coefficient (Wildman–Crippen LogP) is 3.27. The molecule has 0 saturated heterocycles. The number of hydrogen-bond acceptors (Lipinski definition) is 5. The van der Waals surface area contributed by atoms with Gasteiger partial charge in [0.15, 0.2) is 0 Å². The molecule has 0 fully saturated rings. The number of sulfonamides is 1. The van der Waals surface area contributed by atoms with Crippen LogP contribution < -0.4 is 5.32 Å². The Morgan fingerprint density at radius 2 is 1.93 bits per heavy atom. The SMILES string of the molecule is CN(C)S(=O)(=O)c1cc(C(=O)Nc2ncn(Cc3cccc(F)c3)n2)c(Cl)cc1Cl. The third-order valence-electron chi connectivity index (χ3n) is 4.02. The molecule has 0 unspecified atom stereocenters. The molecule has 158 valence electrons. The summed E-state index contributed by atoms with van der Waals surface area (Å²) in [5, 5.41) is 6.41. The Bertz CT molecular complexity index is 1210. The molecule has 0 spiro atoms. The molecule has 0 radical (unpaired) electrons. The number of benzene rings is 2. The number of anilines is 1. The summed E-state index contributed by atoms with van der Waals surface area (Å²) < 4.78 is 40.5. The Morgan fingerprint density at radius 1 is 1.20 bits per heavy atom. The van der Waals surface area contributed by atoms with E-state index in [9.17, 15) is 17.6 Å². The molecular formula is C18H16Cl2FN5O3S. The van der Waals surface area contributed by atoms with E-state index in [1.54, 1.807) is 12.1 Å². The van der Waals surface area contributed by atoms with Gasteiger partial charge in [-0.15, -0.1) is 5.10 Å². The van der Waals surface area contributed by atoms with Gasteiger partial charge in [-0.05, 0) is 29.8 Å². The molecule has 0 saturated carbocycles. The fourth-order valence-corrected chi connectivity index (χ4v) is 4.24. The second-order valence-electron chi connectivity index (χ2n) is 6.40. The van der Waals surface area contributed by atoms with Crippen molar-refractivity contribution >= 4 is 45.1 Å². The monoisotopic (exact) mass is 471 g/mol. The Morgan fingerprint density at radius 3 is 2.60 bits per heavy atom. The van der Waals surface area contributed by atoms with Crippen molar-refractivity contribution in [1.82, 2.24) is 19.1 Å². The van der Waals surface area contributed by atoms with Crippen LogP contribution >= 0.6 is 23.2 Å². The molecule has 3 aromatic rings. The fourth-order valence-electron chi connectivity index (χ4n) is 2.52. The van der Waals surface area contributed by atoms with Gasteiger partial charge in [0, 0.05) is 14.1 Å². The van der Waals surface area contributed by atoms with E-state index in [-0.39, 0.29) is 38.8 Å². The fraction of sp³-hybridized carbons (Fsp3) is 0.167. The second kappa shape index (κ2) is 8.68. The normalized spacial score (nSPS) is 11.7. The van der Waals surface area contributed by atoms with Crippen LogP contribution in [0.4, 0.5) is 10.3 Å². The summed E-state index contributed by atoms with van der Waals surface area (Å²) in [5.74, 6) is -1.11. The highest BCUT2D eigenvalue weighted by Gasteiger charge is 2.25. The van der Waals surface area contributed by atoms with Crippen molar-refractivity contribution in [2.24, 2.45) is 0 Å². The minimum Gasteiger partial charge on any atom is -0.289 e. The lowest BCUT2D eigenvalue weighted by Crippen LogP contribution is -2.23. The van der Waals surface area contributed by atoms with E-state index < -0.39 is 15.9 Å². The van der Waals surface area contributed by atoms with Crippen molar-refractivity contribution in [3.8, 4) is 0 Å². The molecule has 1 heterocycles. The number of carbonyl (C=O) groups is 1. The molecule has 1 aromatic heterocycles. The maximum absolute atomic E-state index is 13.3. The predicted molar refractivity (Wildman–Crippen MR) is 111 cm³/mol. The minimum atomic E-state index is -3.89. The van der Waals surface area contributed by atoms with E-state index in [2.05, 4.69) is 15.4 Å². The first kappa shape index (κ1) is 22.2. The summed E-state index contributed by atoms with van der Waals surface area (Å²) >= 11 is 12.1. The van der Waals surface area contributed by atoms with Gasteiger partial charge in [-0.2, -0.15) is 0 Å². The van der Waals surface area contributed by atoms with Gasteiger partial charge in [-0.25, -0.2) is 26.8 Å². The highest BCUT2D eigenvalue weighted by molar-refractivity contribution is 7.89. The van der Waals surface area contributed by atoms with Crippen LogP contribution in [0.2, 0.25) is 10.0 Å². The van der Waals surface area contributed by atoms with Gasteiger partial charge in [0.25, 0.3) is 5.91 Å². The average molecular weight is 472 g/mol. The number of carbonyl (C=O) groups excluding carboxylic acids is 1. The Kier molecular flexibility index (Phi) is 6.41. The van der Waals surface area contributed by atoms with Crippen molar-refractivity contribution in [2.75, 3.05) is 19.4 Å².